The Balaban J connectivity index is 1.92. The van der Waals surface area contributed by atoms with E-state index in [-0.39, 0.29) is 6.04 Å². The molecule has 0 saturated heterocycles. The number of hydrogen-bond donors (Lipinski definition) is 0. The first kappa shape index (κ1) is 12.5. The van der Waals surface area contributed by atoms with E-state index in [0.29, 0.717) is 17.4 Å². The van der Waals surface area contributed by atoms with Gasteiger partial charge in [0.15, 0.2) is 0 Å². The molecule has 1 atom stereocenters. The minimum Gasteiger partial charge on any atom is -0.337 e. The van der Waals surface area contributed by atoms with Crippen LogP contribution < -0.4 is 0 Å². The van der Waals surface area contributed by atoms with Crippen molar-refractivity contribution in [2.24, 2.45) is 0 Å². The van der Waals surface area contributed by atoms with Crippen molar-refractivity contribution >= 4 is 0 Å². The molecule has 7 heteroatoms. The van der Waals surface area contributed by atoms with E-state index in [9.17, 15) is 0 Å². The maximum atomic E-state index is 5.31. The number of aromatic nitrogens is 6. The Morgan fingerprint density at radius 3 is 2.80 bits per heavy atom. The van der Waals surface area contributed by atoms with Crippen molar-refractivity contribution in [1.29, 1.82) is 0 Å². The molecule has 0 saturated carbocycles. The summed E-state index contributed by atoms with van der Waals surface area (Å²) in [7, 11) is 0. The first-order valence-corrected chi connectivity index (χ1v) is 6.29. The smallest absolute Gasteiger partial charge is 0.251 e. The van der Waals surface area contributed by atoms with Crippen LogP contribution in [0.3, 0.4) is 0 Å². The van der Waals surface area contributed by atoms with Gasteiger partial charge in [-0.1, -0.05) is 5.16 Å². The molecule has 0 aromatic carbocycles. The summed E-state index contributed by atoms with van der Waals surface area (Å²) in [5.74, 6) is 0.929. The van der Waals surface area contributed by atoms with Gasteiger partial charge in [-0.15, -0.1) is 5.10 Å². The van der Waals surface area contributed by atoms with Gasteiger partial charge in [0.2, 0.25) is 5.82 Å². The second-order valence-electron chi connectivity index (χ2n) is 4.61. The van der Waals surface area contributed by atoms with E-state index in [0.717, 1.165) is 11.4 Å². The molecule has 3 rings (SSSR count). The summed E-state index contributed by atoms with van der Waals surface area (Å²) in [4.78, 5) is 4.37. The van der Waals surface area contributed by atoms with Crippen molar-refractivity contribution in [1.82, 2.24) is 30.1 Å². The molecule has 0 fully saturated rings. The minimum absolute atomic E-state index is 0.123. The molecule has 0 aliphatic carbocycles. The van der Waals surface area contributed by atoms with Crippen LogP contribution in [0.4, 0.5) is 0 Å². The SMILES string of the molecule is Cc1cc(C)n([C@@H](C)c2nc(-c3cccnn3)no2)n1. The van der Waals surface area contributed by atoms with E-state index in [4.69, 9.17) is 4.52 Å². The van der Waals surface area contributed by atoms with Crippen LogP contribution in [0.2, 0.25) is 0 Å². The fraction of sp³-hybridized carbons (Fsp3) is 0.308. The molecular weight excluding hydrogens is 256 g/mol. The molecule has 0 unspecified atom stereocenters. The zero-order chi connectivity index (χ0) is 14.1. The number of hydrogen-bond acceptors (Lipinski definition) is 6. The van der Waals surface area contributed by atoms with Crippen molar-refractivity contribution in [3.63, 3.8) is 0 Å². The molecule has 3 aromatic heterocycles. The summed E-state index contributed by atoms with van der Waals surface area (Å²) in [5.41, 5.74) is 2.60. The molecule has 0 aliphatic rings. The highest BCUT2D eigenvalue weighted by molar-refractivity contribution is 5.46. The molecule has 0 amide bonds. The third-order valence-corrected chi connectivity index (χ3v) is 3.01. The van der Waals surface area contributed by atoms with E-state index < -0.39 is 0 Å². The average molecular weight is 270 g/mol. The highest BCUT2D eigenvalue weighted by atomic mass is 16.5. The van der Waals surface area contributed by atoms with Gasteiger partial charge in [-0.25, -0.2) is 0 Å². The van der Waals surface area contributed by atoms with Crippen LogP contribution in [-0.4, -0.2) is 30.1 Å². The third-order valence-electron chi connectivity index (χ3n) is 3.01. The van der Waals surface area contributed by atoms with Gasteiger partial charge in [-0.2, -0.15) is 15.2 Å². The molecule has 7 nitrogen and oxygen atoms in total. The largest absolute Gasteiger partial charge is 0.337 e. The summed E-state index contributed by atoms with van der Waals surface area (Å²) < 4.78 is 7.17. The fourth-order valence-electron chi connectivity index (χ4n) is 2.07. The molecular formula is C13H14N6O. The molecule has 102 valence electrons. The Hall–Kier alpha value is -2.57. The van der Waals surface area contributed by atoms with E-state index in [2.05, 4.69) is 25.4 Å². The fourth-order valence-corrected chi connectivity index (χ4v) is 2.07. The highest BCUT2D eigenvalue weighted by Crippen LogP contribution is 2.20. The summed E-state index contributed by atoms with van der Waals surface area (Å²) in [6.45, 7) is 5.92. The lowest BCUT2D eigenvalue weighted by Gasteiger charge is -2.09. The quantitative estimate of drug-likeness (QED) is 0.723. The van der Waals surface area contributed by atoms with Crippen molar-refractivity contribution in [3.05, 3.63) is 41.7 Å². The Labute approximate surface area is 115 Å². The average Bonchev–Trinajstić information content (AvgIpc) is 3.06. The Bertz CT molecular complexity index is 718. The highest BCUT2D eigenvalue weighted by Gasteiger charge is 2.19. The zero-order valence-electron chi connectivity index (χ0n) is 11.5. The van der Waals surface area contributed by atoms with Gasteiger partial charge in [0, 0.05) is 11.9 Å². The normalized spacial score (nSPS) is 12.6. The molecule has 0 radical (unpaired) electrons. The van der Waals surface area contributed by atoms with Crippen LogP contribution in [0.1, 0.15) is 30.2 Å². The van der Waals surface area contributed by atoms with E-state index in [1.165, 1.54) is 0 Å². The van der Waals surface area contributed by atoms with Crippen molar-refractivity contribution in [3.8, 4) is 11.5 Å². The minimum atomic E-state index is -0.123. The molecule has 0 bridgehead atoms. The molecule has 0 aliphatic heterocycles. The molecule has 3 aromatic rings. The number of nitrogens with zero attached hydrogens (tertiary/aromatic N) is 6. The van der Waals surface area contributed by atoms with Crippen LogP contribution in [0.15, 0.2) is 28.9 Å². The van der Waals surface area contributed by atoms with Crippen molar-refractivity contribution < 1.29 is 4.52 Å². The van der Waals surface area contributed by atoms with E-state index in [1.54, 1.807) is 18.3 Å². The van der Waals surface area contributed by atoms with Gasteiger partial charge in [0.05, 0.1) is 5.69 Å². The van der Waals surface area contributed by atoms with Gasteiger partial charge in [0.25, 0.3) is 5.89 Å². The van der Waals surface area contributed by atoms with Gasteiger partial charge < -0.3 is 4.52 Å². The number of aryl methyl sites for hydroxylation is 2. The Kier molecular flexibility index (Phi) is 3.02. The summed E-state index contributed by atoms with van der Waals surface area (Å²) in [6.07, 6.45) is 1.60. The molecule has 0 N–H and O–H groups in total. The zero-order valence-corrected chi connectivity index (χ0v) is 11.5. The predicted molar refractivity (Wildman–Crippen MR) is 70.8 cm³/mol. The second-order valence-corrected chi connectivity index (χ2v) is 4.61. The lowest BCUT2D eigenvalue weighted by molar-refractivity contribution is 0.334. The second kappa shape index (κ2) is 4.84. The lowest BCUT2D eigenvalue weighted by atomic mass is 10.3. The van der Waals surface area contributed by atoms with Crippen LogP contribution in [0, 0.1) is 13.8 Å². The molecule has 20 heavy (non-hydrogen) atoms. The maximum Gasteiger partial charge on any atom is 0.251 e. The predicted octanol–water partition coefficient (Wildman–Crippen LogP) is 1.95. The Morgan fingerprint density at radius 2 is 2.15 bits per heavy atom. The first-order chi connectivity index (χ1) is 9.65. The summed E-state index contributed by atoms with van der Waals surface area (Å²) in [5, 5.41) is 16.1. The standard InChI is InChI=1S/C13H14N6O/c1-8-7-9(2)19(17-8)10(3)13-15-12(18-20-13)11-5-4-6-14-16-11/h4-7,10H,1-3H3/t10-/m0/s1. The number of rotatable bonds is 3. The van der Waals surface area contributed by atoms with E-state index >= 15 is 0 Å². The molecule has 0 spiro atoms. The van der Waals surface area contributed by atoms with Crippen LogP contribution >= 0.6 is 0 Å². The lowest BCUT2D eigenvalue weighted by Crippen LogP contribution is -2.10. The van der Waals surface area contributed by atoms with Crippen molar-refractivity contribution in [2.75, 3.05) is 0 Å². The topological polar surface area (TPSA) is 82.5 Å². The Morgan fingerprint density at radius 1 is 1.30 bits per heavy atom. The van der Waals surface area contributed by atoms with Gasteiger partial charge in [0.1, 0.15) is 11.7 Å². The van der Waals surface area contributed by atoms with Crippen molar-refractivity contribution in [2.45, 2.75) is 26.8 Å². The third kappa shape index (κ3) is 2.18. The van der Waals surface area contributed by atoms with Gasteiger partial charge in [-0.3, -0.25) is 4.68 Å². The maximum absolute atomic E-state index is 5.31. The van der Waals surface area contributed by atoms with Crippen LogP contribution in [0.25, 0.3) is 11.5 Å². The summed E-state index contributed by atoms with van der Waals surface area (Å²) >= 11 is 0. The molecule has 3 heterocycles. The van der Waals surface area contributed by atoms with E-state index in [1.807, 2.05) is 31.5 Å². The van der Waals surface area contributed by atoms with Gasteiger partial charge >= 0.3 is 0 Å². The van der Waals surface area contributed by atoms with Gasteiger partial charge in [-0.05, 0) is 39.0 Å². The first-order valence-electron chi connectivity index (χ1n) is 6.29. The summed E-state index contributed by atoms with van der Waals surface area (Å²) in [6, 6.07) is 5.45. The van der Waals surface area contributed by atoms with Crippen LogP contribution in [-0.2, 0) is 0 Å². The van der Waals surface area contributed by atoms with Crippen LogP contribution in [0.5, 0.6) is 0 Å². The monoisotopic (exact) mass is 270 g/mol.